The van der Waals surface area contributed by atoms with Crippen molar-refractivity contribution in [2.75, 3.05) is 0 Å². The predicted octanol–water partition coefficient (Wildman–Crippen LogP) is 15.3. The Hall–Kier alpha value is -7.24. The Morgan fingerprint density at radius 3 is 2.11 bits per heavy atom. The normalized spacial score (nSPS) is 13.1. The first-order valence-corrected chi connectivity index (χ1v) is 21.1. The summed E-state index contributed by atoms with van der Waals surface area (Å²) in [6, 6.07) is 52.7. The number of pyridine rings is 1. The molecule has 0 saturated heterocycles. The first kappa shape index (κ1) is 35.5. The van der Waals surface area contributed by atoms with E-state index in [-0.39, 0.29) is 16.6 Å². The average Bonchev–Trinajstić information content (AvgIpc) is 3.87. The molecule has 0 aliphatic heterocycles. The van der Waals surface area contributed by atoms with Crippen molar-refractivity contribution in [2.24, 2.45) is 0 Å². The molecule has 3 aromatic heterocycles. The number of aryl methyl sites for hydroxylation is 1. The molecule has 0 atom stereocenters. The average molecular weight is 811 g/mol. The van der Waals surface area contributed by atoms with Crippen LogP contribution in [0.25, 0.3) is 94.7 Å². The van der Waals surface area contributed by atoms with Gasteiger partial charge in [0.1, 0.15) is 22.5 Å². The zero-order valence-corrected chi connectivity index (χ0v) is 35.8. The van der Waals surface area contributed by atoms with Crippen LogP contribution < -0.4 is 0 Å². The molecule has 5 nitrogen and oxygen atoms in total. The van der Waals surface area contributed by atoms with Gasteiger partial charge in [-0.3, -0.25) is 9.55 Å². The number of rotatable bonds is 6. The van der Waals surface area contributed by atoms with Gasteiger partial charge in [0.25, 0.3) is 0 Å². The van der Waals surface area contributed by atoms with Crippen LogP contribution in [-0.2, 0) is 10.8 Å². The molecule has 10 aromatic rings. The van der Waals surface area contributed by atoms with Gasteiger partial charge in [-0.15, -0.1) is 0 Å². The molecule has 0 amide bonds. The highest BCUT2D eigenvalue weighted by molar-refractivity contribution is 6.11. The molecule has 0 unspecified atom stereocenters. The molecular weight excluding hydrogens is 759 g/mol. The molecule has 0 spiro atoms. The van der Waals surface area contributed by atoms with Crippen LogP contribution in [0.15, 0.2) is 168 Å². The van der Waals surface area contributed by atoms with Crippen molar-refractivity contribution in [1.29, 1.82) is 0 Å². The van der Waals surface area contributed by atoms with E-state index in [9.17, 15) is 5.11 Å². The first-order chi connectivity index (χ1) is 31.0. The summed E-state index contributed by atoms with van der Waals surface area (Å²) in [6.07, 6.45) is 1.81. The van der Waals surface area contributed by atoms with Crippen molar-refractivity contribution in [3.8, 4) is 67.5 Å². The molecule has 304 valence electrons. The highest BCUT2D eigenvalue weighted by Crippen LogP contribution is 2.46. The van der Waals surface area contributed by atoms with Crippen LogP contribution >= 0.6 is 0 Å². The molecule has 0 radical (unpaired) electrons. The summed E-state index contributed by atoms with van der Waals surface area (Å²) >= 11 is 0. The highest BCUT2D eigenvalue weighted by atomic mass is 16.3. The Morgan fingerprint density at radius 2 is 1.34 bits per heavy atom. The number of phenols is 1. The summed E-state index contributed by atoms with van der Waals surface area (Å²) in [4.78, 5) is 10.5. The van der Waals surface area contributed by atoms with E-state index in [4.69, 9.17) is 18.5 Å². The van der Waals surface area contributed by atoms with Gasteiger partial charge in [-0.05, 0) is 112 Å². The third-order valence-corrected chi connectivity index (χ3v) is 12.0. The first-order valence-electron chi connectivity index (χ1n) is 22.6. The number of fused-ring (bicyclic) bond motifs is 4. The molecule has 0 bridgehead atoms. The molecule has 0 fully saturated rings. The van der Waals surface area contributed by atoms with E-state index in [2.05, 4.69) is 131 Å². The molecule has 62 heavy (non-hydrogen) atoms. The Balaban J connectivity index is 1.24. The number of nitrogens with zero attached hydrogens (tertiary/aromatic N) is 3. The van der Waals surface area contributed by atoms with Crippen LogP contribution in [0, 0.1) is 6.85 Å². The Bertz CT molecular complexity index is 3440. The fourth-order valence-electron chi connectivity index (χ4n) is 8.58. The lowest BCUT2D eigenvalue weighted by atomic mass is 9.83. The van der Waals surface area contributed by atoms with E-state index in [1.54, 1.807) is 24.4 Å². The van der Waals surface area contributed by atoms with Crippen molar-refractivity contribution in [3.63, 3.8) is 0 Å². The third-order valence-electron chi connectivity index (χ3n) is 12.0. The van der Waals surface area contributed by atoms with Gasteiger partial charge in [-0.25, -0.2) is 4.98 Å². The number of hydrogen-bond donors (Lipinski definition) is 1. The van der Waals surface area contributed by atoms with Gasteiger partial charge in [-0.1, -0.05) is 144 Å². The van der Waals surface area contributed by atoms with E-state index < -0.39 is 6.85 Å². The summed E-state index contributed by atoms with van der Waals surface area (Å²) < 4.78 is 32.4. The zero-order chi connectivity index (χ0) is 45.4. The fraction of sp³-hybridized carbons (Fsp3) is 0.158. The minimum Gasteiger partial charge on any atom is -0.507 e. The minimum absolute atomic E-state index is 0.0678. The molecular formula is C57H49N3O2. The smallest absolute Gasteiger partial charge is 0.153 e. The van der Waals surface area contributed by atoms with Gasteiger partial charge in [0.2, 0.25) is 0 Å². The van der Waals surface area contributed by atoms with Gasteiger partial charge in [-0.2, -0.15) is 0 Å². The SMILES string of the molecule is [2H]C([2H])([2H])c1ccc(-c2ccnc(-c3cc(-c4cccc5c4nc(-c4c(O)ccc6c4oc4ccccc46)n5-c4ccc(C(C)(C)C)cc4-c4ccccc4)cc(C(C)(C)C)c3)c2)cc1. The minimum atomic E-state index is -2.17. The number of para-hydroxylation sites is 2. The highest BCUT2D eigenvalue weighted by Gasteiger charge is 2.27. The number of phenolic OH excluding ortho intramolecular Hbond substituents is 1. The van der Waals surface area contributed by atoms with Crippen LogP contribution in [-0.4, -0.2) is 19.6 Å². The summed E-state index contributed by atoms with van der Waals surface area (Å²) in [7, 11) is 0. The summed E-state index contributed by atoms with van der Waals surface area (Å²) in [5.41, 5.74) is 14.3. The topological polar surface area (TPSA) is 64.1 Å². The Morgan fingerprint density at radius 1 is 0.581 bits per heavy atom. The van der Waals surface area contributed by atoms with Gasteiger partial charge >= 0.3 is 0 Å². The fourth-order valence-corrected chi connectivity index (χ4v) is 8.58. The van der Waals surface area contributed by atoms with Crippen LogP contribution in [0.3, 0.4) is 0 Å². The second-order valence-corrected chi connectivity index (χ2v) is 18.3. The quantitative estimate of drug-likeness (QED) is 0.182. The molecule has 0 saturated carbocycles. The van der Waals surface area contributed by atoms with Gasteiger partial charge in [0, 0.05) is 37.8 Å². The van der Waals surface area contributed by atoms with Crippen molar-refractivity contribution in [2.45, 2.75) is 59.2 Å². The molecule has 10 rings (SSSR count). The van der Waals surface area contributed by atoms with Crippen LogP contribution in [0.1, 0.15) is 62.3 Å². The van der Waals surface area contributed by atoms with Gasteiger partial charge < -0.3 is 9.52 Å². The molecule has 0 aliphatic rings. The second-order valence-electron chi connectivity index (χ2n) is 18.3. The number of benzene rings is 7. The Kier molecular flexibility index (Phi) is 8.44. The lowest BCUT2D eigenvalue weighted by molar-refractivity contribution is 0.476. The zero-order valence-electron chi connectivity index (χ0n) is 38.8. The maximum absolute atomic E-state index is 12.0. The van der Waals surface area contributed by atoms with Crippen molar-refractivity contribution in [3.05, 3.63) is 181 Å². The monoisotopic (exact) mass is 810 g/mol. The van der Waals surface area contributed by atoms with Crippen LogP contribution in [0.5, 0.6) is 5.75 Å². The second kappa shape index (κ2) is 14.7. The summed E-state index contributed by atoms with van der Waals surface area (Å²) in [6.45, 7) is 11.1. The number of aromatic nitrogens is 3. The molecule has 3 heterocycles. The van der Waals surface area contributed by atoms with Crippen molar-refractivity contribution >= 4 is 33.0 Å². The molecule has 5 heteroatoms. The summed E-state index contributed by atoms with van der Waals surface area (Å²) in [5, 5.41) is 13.9. The maximum atomic E-state index is 12.0. The number of aromatic hydroxyl groups is 1. The van der Waals surface area contributed by atoms with Gasteiger partial charge in [0.15, 0.2) is 5.82 Å². The van der Waals surface area contributed by atoms with Crippen LogP contribution in [0.4, 0.5) is 0 Å². The van der Waals surface area contributed by atoms with Crippen molar-refractivity contribution in [1.82, 2.24) is 14.5 Å². The standard InChI is InChI=1S/C57H49N3O2/c1-35-20-22-36(23-21-35)38-28-29-58-47(33-38)40-30-39(31-42(32-40)57(5,6)7)43-17-13-18-49-53(43)59-55(52-50(61)27-25-45-44-16-11-12-19-51(44)62-54(45)52)60(49)48-26-24-41(56(2,3)4)34-46(48)37-14-9-8-10-15-37/h8-34,61H,1-7H3/i1D3. The van der Waals surface area contributed by atoms with Crippen molar-refractivity contribution < 1.29 is 13.6 Å². The molecule has 0 aliphatic carbocycles. The maximum Gasteiger partial charge on any atom is 0.153 e. The van der Waals surface area contributed by atoms with Gasteiger partial charge in [0.05, 0.1) is 22.4 Å². The number of furan rings is 1. The largest absolute Gasteiger partial charge is 0.507 e. The molecule has 7 aromatic carbocycles. The van der Waals surface area contributed by atoms with E-state index in [0.29, 0.717) is 22.5 Å². The van der Waals surface area contributed by atoms with Crippen LogP contribution in [0.2, 0.25) is 0 Å². The lowest BCUT2D eigenvalue weighted by Crippen LogP contribution is -2.12. The van der Waals surface area contributed by atoms with E-state index in [0.717, 1.165) is 83.3 Å². The lowest BCUT2D eigenvalue weighted by Gasteiger charge is -2.23. The number of hydrogen-bond acceptors (Lipinski definition) is 4. The predicted molar refractivity (Wildman–Crippen MR) is 257 cm³/mol. The third kappa shape index (κ3) is 6.84. The van der Waals surface area contributed by atoms with E-state index in [1.807, 2.05) is 54.6 Å². The summed E-state index contributed by atoms with van der Waals surface area (Å²) in [5.74, 6) is 0.625. The Labute approximate surface area is 367 Å². The van der Waals surface area contributed by atoms with E-state index in [1.165, 1.54) is 5.56 Å². The van der Waals surface area contributed by atoms with E-state index >= 15 is 0 Å². The number of imidazole rings is 1. The molecule has 1 N–H and O–H groups in total.